The Morgan fingerprint density at radius 3 is 0.964 bits per heavy atom. The number of benzene rings is 12. The molecule has 14 rings (SSSR count). The van der Waals surface area contributed by atoms with Gasteiger partial charge in [0, 0.05) is 67.4 Å². The van der Waals surface area contributed by atoms with Gasteiger partial charge in [-0.3, -0.25) is 0 Å². The van der Waals surface area contributed by atoms with Crippen molar-refractivity contribution in [3.05, 3.63) is 332 Å². The average Bonchev–Trinajstić information content (AvgIpc) is 2.44. The van der Waals surface area contributed by atoms with E-state index in [-0.39, 0.29) is 0 Å². The molecule has 6 heteroatoms. The lowest BCUT2D eigenvalue weighted by molar-refractivity contribution is 1.13. The molecule has 0 atom stereocenters. The largest absolute Gasteiger partial charge is 0.311 e. The Balaban J connectivity index is 0.945. The molecule has 6 nitrogen and oxygen atoms in total. The van der Waals surface area contributed by atoms with Gasteiger partial charge in [-0.25, -0.2) is 4.85 Å². The summed E-state index contributed by atoms with van der Waals surface area (Å²) in [4.78, 5) is 8.13. The van der Waals surface area contributed by atoms with E-state index in [0.717, 1.165) is 123 Å². The minimum atomic E-state index is 0.605. The van der Waals surface area contributed by atoms with E-state index >= 15 is 0 Å². The van der Waals surface area contributed by atoms with Crippen LogP contribution in [0.15, 0.2) is 315 Å². The van der Waals surface area contributed by atoms with Crippen LogP contribution in [0.1, 0.15) is 5.56 Å². The van der Waals surface area contributed by atoms with Crippen molar-refractivity contribution in [2.24, 2.45) is 0 Å². The fourth-order valence-corrected chi connectivity index (χ4v) is 11.9. The Morgan fingerprint density at radius 1 is 0.310 bits per heavy atom. The van der Waals surface area contributed by atoms with Gasteiger partial charge in [0.15, 0.2) is 5.69 Å². The van der Waals surface area contributed by atoms with E-state index in [1.807, 2.05) is 60.7 Å². The summed E-state index contributed by atoms with van der Waals surface area (Å²) >= 11 is 0. The van der Waals surface area contributed by atoms with E-state index in [4.69, 9.17) is 6.57 Å². The van der Waals surface area contributed by atoms with Gasteiger partial charge >= 0.3 is 0 Å². The van der Waals surface area contributed by atoms with Crippen LogP contribution >= 0.6 is 0 Å². The van der Waals surface area contributed by atoms with Crippen LogP contribution in [0.5, 0.6) is 0 Å². The number of para-hydroxylation sites is 2. The first-order valence-corrected chi connectivity index (χ1v) is 28.1. The van der Waals surface area contributed by atoms with Gasteiger partial charge in [0.2, 0.25) is 0 Å². The molecule has 0 aliphatic rings. The highest BCUT2D eigenvalue weighted by atomic mass is 15.1. The maximum Gasteiger partial charge on any atom is 0.187 e. The van der Waals surface area contributed by atoms with Crippen molar-refractivity contribution >= 4 is 61.6 Å². The monoisotopic (exact) mass is 1070 g/mol. The van der Waals surface area contributed by atoms with Crippen LogP contribution in [0.2, 0.25) is 0 Å². The quantitative estimate of drug-likeness (QED) is 0.108. The molecule has 0 aliphatic heterocycles. The molecule has 0 unspecified atom stereocenters. The number of nitriles is 1. The number of hydrogen-bond acceptors (Lipinski definition) is 3. The molecule has 0 amide bonds. The first kappa shape index (κ1) is 50.5. The summed E-state index contributed by atoms with van der Waals surface area (Å²) in [6.07, 6.45) is 0. The molecule has 14 aromatic rings. The summed E-state index contributed by atoms with van der Waals surface area (Å²) in [6.45, 7) is 7.59. The molecule has 0 radical (unpaired) electrons. The third-order valence-electron chi connectivity index (χ3n) is 15.7. The lowest BCUT2D eigenvalue weighted by Gasteiger charge is -2.26. The molecule has 0 bridgehead atoms. The van der Waals surface area contributed by atoms with Gasteiger partial charge in [-0.1, -0.05) is 182 Å². The number of rotatable bonds is 13. The van der Waals surface area contributed by atoms with E-state index in [0.29, 0.717) is 11.3 Å². The molecule has 12 aromatic carbocycles. The zero-order valence-electron chi connectivity index (χ0n) is 45.7. The van der Waals surface area contributed by atoms with E-state index in [1.165, 1.54) is 0 Å². The van der Waals surface area contributed by atoms with Crippen molar-refractivity contribution in [2.45, 2.75) is 0 Å². The SMILES string of the molecule is [C-]#[N+]c1ccc(N(c2ccccc2)c2ccc(-n3c(-c4ccccc4)c(-c4ccccc4)c4cc(-c5ccc6c(c5)c(-c5ccccc5)c(-c5ccccc5)n6-c5ccc(N(c6ccccc6)c6ccc(C#N)cc6)cc5)ccc43)cc2)cc1. The van der Waals surface area contributed by atoms with E-state index < -0.39 is 0 Å². The Morgan fingerprint density at radius 2 is 0.619 bits per heavy atom. The molecule has 84 heavy (non-hydrogen) atoms. The van der Waals surface area contributed by atoms with Crippen molar-refractivity contribution in [1.82, 2.24) is 9.13 Å². The smallest absolute Gasteiger partial charge is 0.187 e. The average molecular weight is 1070 g/mol. The molecule has 2 aromatic heterocycles. The van der Waals surface area contributed by atoms with E-state index in [1.54, 1.807) is 0 Å². The fraction of sp³-hybridized carbons (Fsp3) is 0. The summed E-state index contributed by atoms with van der Waals surface area (Å²) in [6, 6.07) is 113. The van der Waals surface area contributed by atoms with Crippen LogP contribution in [-0.4, -0.2) is 9.13 Å². The Kier molecular flexibility index (Phi) is 13.3. The molecule has 0 N–H and O–H groups in total. The second-order valence-electron chi connectivity index (χ2n) is 20.7. The number of fused-ring (bicyclic) bond motifs is 2. The van der Waals surface area contributed by atoms with Crippen molar-refractivity contribution in [1.29, 1.82) is 5.26 Å². The van der Waals surface area contributed by atoms with Crippen molar-refractivity contribution in [3.8, 4) is 73.3 Å². The first-order valence-electron chi connectivity index (χ1n) is 28.1. The van der Waals surface area contributed by atoms with Crippen molar-refractivity contribution in [2.75, 3.05) is 9.80 Å². The lowest BCUT2D eigenvalue weighted by atomic mass is 9.94. The van der Waals surface area contributed by atoms with Gasteiger partial charge in [-0.05, 0) is 167 Å². The summed E-state index contributed by atoms with van der Waals surface area (Å²) in [5.74, 6) is 0. The number of nitrogens with zero attached hydrogens (tertiary/aromatic N) is 6. The normalized spacial score (nSPS) is 11.1. The third-order valence-corrected chi connectivity index (χ3v) is 15.7. The summed E-state index contributed by atoms with van der Waals surface area (Å²) in [5.41, 5.74) is 22.7. The van der Waals surface area contributed by atoms with E-state index in [9.17, 15) is 5.26 Å². The summed E-state index contributed by atoms with van der Waals surface area (Å²) < 4.78 is 4.85. The molecule has 2 heterocycles. The Hall–Kier alpha value is -11.7. The molecular formula is C78H52N6. The van der Waals surface area contributed by atoms with Crippen LogP contribution in [-0.2, 0) is 0 Å². The molecule has 0 aliphatic carbocycles. The van der Waals surface area contributed by atoms with Crippen LogP contribution in [0, 0.1) is 17.9 Å². The van der Waals surface area contributed by atoms with E-state index in [2.05, 4.69) is 285 Å². The highest BCUT2D eigenvalue weighted by Crippen LogP contribution is 2.48. The van der Waals surface area contributed by atoms with Gasteiger partial charge in [-0.15, -0.1) is 0 Å². The molecule has 394 valence electrons. The zero-order valence-corrected chi connectivity index (χ0v) is 45.7. The number of hydrogen-bond donors (Lipinski definition) is 0. The predicted octanol–water partition coefficient (Wildman–Crippen LogP) is 21.3. The maximum atomic E-state index is 9.64. The minimum absolute atomic E-state index is 0.605. The van der Waals surface area contributed by atoms with Gasteiger partial charge in [0.1, 0.15) is 0 Å². The summed E-state index contributed by atoms with van der Waals surface area (Å²) in [5, 5.41) is 11.9. The van der Waals surface area contributed by atoms with Crippen molar-refractivity contribution < 1.29 is 0 Å². The molecule has 0 saturated heterocycles. The topological polar surface area (TPSA) is 44.5 Å². The first-order chi connectivity index (χ1) is 41.6. The van der Waals surface area contributed by atoms with Crippen LogP contribution < -0.4 is 9.80 Å². The van der Waals surface area contributed by atoms with Crippen LogP contribution in [0.4, 0.5) is 39.8 Å². The number of anilines is 6. The van der Waals surface area contributed by atoms with Gasteiger partial charge in [-0.2, -0.15) is 5.26 Å². The standard InChI is InChI=1S/C78H52N6/c1-80-62-36-40-66(41-37-62)82(64-30-18-7-19-31-64)68-44-48-70(49-45-68)84-74-51-35-61(53-72(74)76(57-22-10-3-11-23-57)78(84)59-26-14-5-15-27-59)60-34-50-73-71(52-60)75(56-20-8-2-9-21-56)77(58-24-12-4-13-25-58)83(73)69-46-42-67(43-47-69)81(63-28-16-6-17-29-63)65-38-32-55(54-79)33-39-65/h2-53H. The van der Waals surface area contributed by atoms with Gasteiger partial charge in [0.25, 0.3) is 0 Å². The van der Waals surface area contributed by atoms with Gasteiger partial charge in [0.05, 0.1) is 40.6 Å². The molecule has 0 fully saturated rings. The highest BCUT2D eigenvalue weighted by Gasteiger charge is 2.26. The van der Waals surface area contributed by atoms with Crippen LogP contribution in [0.25, 0.3) is 93.9 Å². The molecule has 0 spiro atoms. The maximum absolute atomic E-state index is 9.64. The lowest BCUT2D eigenvalue weighted by Crippen LogP contribution is -2.10. The second-order valence-corrected chi connectivity index (χ2v) is 20.7. The minimum Gasteiger partial charge on any atom is -0.311 e. The Bertz CT molecular complexity index is 4410. The zero-order chi connectivity index (χ0) is 56.3. The van der Waals surface area contributed by atoms with Crippen molar-refractivity contribution in [3.63, 3.8) is 0 Å². The Labute approximate surface area is 489 Å². The summed E-state index contributed by atoms with van der Waals surface area (Å²) in [7, 11) is 0. The third kappa shape index (κ3) is 9.32. The highest BCUT2D eigenvalue weighted by molar-refractivity contribution is 6.10. The van der Waals surface area contributed by atoms with Crippen LogP contribution in [0.3, 0.4) is 0 Å². The molecular weight excluding hydrogens is 1020 g/mol. The molecule has 0 saturated carbocycles. The van der Waals surface area contributed by atoms with Gasteiger partial charge < -0.3 is 18.9 Å². The number of aromatic nitrogens is 2. The predicted molar refractivity (Wildman–Crippen MR) is 348 cm³/mol. The second kappa shape index (κ2) is 22.1. The fourth-order valence-electron chi connectivity index (χ4n) is 11.9.